The Hall–Kier alpha value is -1.30. The molecule has 0 aromatic heterocycles. The molecule has 0 atom stereocenters. The number of carbonyl (C=O) groups is 2. The van der Waals surface area contributed by atoms with Crippen molar-refractivity contribution < 1.29 is 19.1 Å². The Morgan fingerprint density at radius 3 is 2.11 bits per heavy atom. The number of ether oxygens (including phenoxy) is 2. The second kappa shape index (κ2) is 12.2. The molecule has 0 unspecified atom stereocenters. The smallest absolute Gasteiger partial charge is 0.407 e. The van der Waals surface area contributed by atoms with Gasteiger partial charge in [0.2, 0.25) is 5.91 Å². The fourth-order valence-electron chi connectivity index (χ4n) is 1.33. The molecule has 2 N–H and O–H groups in total. The number of carbonyl (C=O) groups excluding carboxylic acids is 2. The quantitative estimate of drug-likeness (QED) is 0.576. The van der Waals surface area contributed by atoms with Gasteiger partial charge in [0.25, 0.3) is 0 Å². The molecule has 0 fully saturated rings. The molecule has 18 heavy (non-hydrogen) atoms. The molecule has 0 aromatic rings. The highest BCUT2D eigenvalue weighted by atomic mass is 16.6. The lowest BCUT2D eigenvalue weighted by Gasteiger charge is -2.06. The molecule has 0 aliphatic heterocycles. The molecule has 106 valence electrons. The van der Waals surface area contributed by atoms with Crippen molar-refractivity contribution in [3.8, 4) is 0 Å². The minimum Gasteiger partial charge on any atom is -0.447 e. The van der Waals surface area contributed by atoms with Gasteiger partial charge in [-0.2, -0.15) is 0 Å². The zero-order valence-corrected chi connectivity index (χ0v) is 11.3. The van der Waals surface area contributed by atoms with Gasteiger partial charge >= 0.3 is 6.09 Å². The molecule has 0 aliphatic rings. The molecule has 0 saturated carbocycles. The summed E-state index contributed by atoms with van der Waals surface area (Å²) in [4.78, 5) is 21.7. The van der Waals surface area contributed by atoms with Crippen LogP contribution in [0.1, 0.15) is 32.6 Å². The van der Waals surface area contributed by atoms with Crippen molar-refractivity contribution in [1.82, 2.24) is 10.6 Å². The standard InChI is InChI=1S/C12H24N2O4/c1-11(15)13-7-5-3-4-6-8-14-12(16)18-10-9-17-2/h3-10H2,1-2H3,(H,13,15)(H,14,16). The van der Waals surface area contributed by atoms with Gasteiger partial charge in [0.1, 0.15) is 6.61 Å². The van der Waals surface area contributed by atoms with Gasteiger partial charge in [-0.1, -0.05) is 12.8 Å². The third-order valence-electron chi connectivity index (χ3n) is 2.27. The highest BCUT2D eigenvalue weighted by Gasteiger charge is 1.99. The normalized spacial score (nSPS) is 9.89. The summed E-state index contributed by atoms with van der Waals surface area (Å²) in [5.41, 5.74) is 0. The van der Waals surface area contributed by atoms with E-state index in [2.05, 4.69) is 10.6 Å². The number of alkyl carbamates (subject to hydrolysis) is 1. The largest absolute Gasteiger partial charge is 0.447 e. The van der Waals surface area contributed by atoms with Gasteiger partial charge in [-0.25, -0.2) is 4.79 Å². The number of methoxy groups -OCH3 is 1. The molecule has 0 spiro atoms. The number of rotatable bonds is 10. The Morgan fingerprint density at radius 2 is 1.56 bits per heavy atom. The highest BCUT2D eigenvalue weighted by Crippen LogP contribution is 1.97. The zero-order valence-electron chi connectivity index (χ0n) is 11.3. The van der Waals surface area contributed by atoms with Crippen LogP contribution < -0.4 is 10.6 Å². The topological polar surface area (TPSA) is 76.7 Å². The molecule has 0 rings (SSSR count). The van der Waals surface area contributed by atoms with E-state index in [9.17, 15) is 9.59 Å². The maximum Gasteiger partial charge on any atom is 0.407 e. The Balaban J connectivity index is 3.15. The lowest BCUT2D eigenvalue weighted by atomic mass is 10.2. The monoisotopic (exact) mass is 260 g/mol. The van der Waals surface area contributed by atoms with E-state index >= 15 is 0 Å². The van der Waals surface area contributed by atoms with Gasteiger partial charge in [-0.05, 0) is 12.8 Å². The number of unbranched alkanes of at least 4 members (excludes halogenated alkanes) is 3. The minimum atomic E-state index is -0.398. The number of hydrogen-bond acceptors (Lipinski definition) is 4. The van der Waals surface area contributed by atoms with E-state index in [0.717, 1.165) is 32.2 Å². The lowest BCUT2D eigenvalue weighted by Crippen LogP contribution is -2.26. The average Bonchev–Trinajstić information content (AvgIpc) is 2.32. The van der Waals surface area contributed by atoms with Crippen LogP contribution in [0.5, 0.6) is 0 Å². The number of hydrogen-bond donors (Lipinski definition) is 2. The summed E-state index contributed by atoms with van der Waals surface area (Å²) >= 11 is 0. The first-order chi connectivity index (χ1) is 8.66. The molecule has 0 saturated heterocycles. The number of amides is 2. The maximum atomic E-state index is 11.1. The van der Waals surface area contributed by atoms with Crippen molar-refractivity contribution in [2.75, 3.05) is 33.4 Å². The van der Waals surface area contributed by atoms with Crippen LogP contribution in [0.2, 0.25) is 0 Å². The second-order valence-corrected chi connectivity index (χ2v) is 3.95. The molecule has 2 amide bonds. The molecule has 0 bridgehead atoms. The first-order valence-corrected chi connectivity index (χ1v) is 6.31. The van der Waals surface area contributed by atoms with E-state index in [1.807, 2.05) is 0 Å². The predicted molar refractivity (Wildman–Crippen MR) is 68.4 cm³/mol. The van der Waals surface area contributed by atoms with Gasteiger partial charge < -0.3 is 20.1 Å². The third kappa shape index (κ3) is 12.8. The molecule has 0 radical (unpaired) electrons. The molecule has 0 aliphatic carbocycles. The van der Waals surface area contributed by atoms with Gasteiger partial charge in [-0.15, -0.1) is 0 Å². The van der Waals surface area contributed by atoms with E-state index in [-0.39, 0.29) is 12.5 Å². The molecule has 0 heterocycles. The van der Waals surface area contributed by atoms with Crippen molar-refractivity contribution in [2.45, 2.75) is 32.6 Å². The van der Waals surface area contributed by atoms with Crippen LogP contribution in [-0.2, 0) is 14.3 Å². The molecule has 6 heteroatoms. The van der Waals surface area contributed by atoms with E-state index in [0.29, 0.717) is 13.2 Å². The van der Waals surface area contributed by atoms with E-state index < -0.39 is 6.09 Å². The van der Waals surface area contributed by atoms with Gasteiger partial charge in [0.05, 0.1) is 6.61 Å². The van der Waals surface area contributed by atoms with Crippen LogP contribution in [0.15, 0.2) is 0 Å². The predicted octanol–water partition coefficient (Wildman–Crippen LogP) is 1.06. The molecule has 0 aromatic carbocycles. The fraction of sp³-hybridized carbons (Fsp3) is 0.833. The Morgan fingerprint density at radius 1 is 0.944 bits per heavy atom. The Labute approximate surface area is 108 Å². The lowest BCUT2D eigenvalue weighted by molar-refractivity contribution is -0.118. The van der Waals surface area contributed by atoms with Crippen LogP contribution in [-0.4, -0.2) is 45.4 Å². The van der Waals surface area contributed by atoms with Gasteiger partial charge in [0, 0.05) is 27.1 Å². The SMILES string of the molecule is COCCOC(=O)NCCCCCCNC(C)=O. The van der Waals surface area contributed by atoms with Crippen molar-refractivity contribution >= 4 is 12.0 Å². The fourth-order valence-corrected chi connectivity index (χ4v) is 1.33. The van der Waals surface area contributed by atoms with Crippen molar-refractivity contribution in [3.63, 3.8) is 0 Å². The summed E-state index contributed by atoms with van der Waals surface area (Å²) in [7, 11) is 1.56. The van der Waals surface area contributed by atoms with Crippen LogP contribution in [0.3, 0.4) is 0 Å². The summed E-state index contributed by atoms with van der Waals surface area (Å²) in [6.45, 7) is 3.54. The first kappa shape index (κ1) is 16.7. The van der Waals surface area contributed by atoms with Crippen molar-refractivity contribution in [1.29, 1.82) is 0 Å². The third-order valence-corrected chi connectivity index (χ3v) is 2.27. The minimum absolute atomic E-state index is 0.00970. The molecule has 6 nitrogen and oxygen atoms in total. The summed E-state index contributed by atoms with van der Waals surface area (Å²) in [6.07, 6.45) is 3.56. The van der Waals surface area contributed by atoms with E-state index in [1.54, 1.807) is 7.11 Å². The second-order valence-electron chi connectivity index (χ2n) is 3.95. The van der Waals surface area contributed by atoms with Crippen LogP contribution in [0.4, 0.5) is 4.79 Å². The maximum absolute atomic E-state index is 11.1. The Bertz CT molecular complexity index is 234. The average molecular weight is 260 g/mol. The summed E-state index contributed by atoms with van der Waals surface area (Å²) < 4.78 is 9.59. The van der Waals surface area contributed by atoms with E-state index in [4.69, 9.17) is 9.47 Å². The molecular weight excluding hydrogens is 236 g/mol. The number of nitrogens with one attached hydrogen (secondary N) is 2. The summed E-state index contributed by atoms with van der Waals surface area (Å²) in [5, 5.41) is 5.41. The first-order valence-electron chi connectivity index (χ1n) is 6.31. The van der Waals surface area contributed by atoms with Crippen molar-refractivity contribution in [2.24, 2.45) is 0 Å². The van der Waals surface area contributed by atoms with Gasteiger partial charge in [0.15, 0.2) is 0 Å². The summed E-state index contributed by atoms with van der Waals surface area (Å²) in [5.74, 6) is 0.00970. The van der Waals surface area contributed by atoms with Crippen LogP contribution in [0, 0.1) is 0 Å². The van der Waals surface area contributed by atoms with Crippen LogP contribution in [0.25, 0.3) is 0 Å². The van der Waals surface area contributed by atoms with Crippen molar-refractivity contribution in [3.05, 3.63) is 0 Å². The highest BCUT2D eigenvalue weighted by molar-refractivity contribution is 5.72. The van der Waals surface area contributed by atoms with Gasteiger partial charge in [-0.3, -0.25) is 4.79 Å². The molecular formula is C12H24N2O4. The van der Waals surface area contributed by atoms with Crippen LogP contribution >= 0.6 is 0 Å². The summed E-state index contributed by atoms with van der Waals surface area (Å²) in [6, 6.07) is 0. The zero-order chi connectivity index (χ0) is 13.6. The Kier molecular flexibility index (Phi) is 11.3. The van der Waals surface area contributed by atoms with E-state index in [1.165, 1.54) is 6.92 Å².